The summed E-state index contributed by atoms with van der Waals surface area (Å²) in [5.41, 5.74) is 0. The summed E-state index contributed by atoms with van der Waals surface area (Å²) in [6.45, 7) is 2.07. The van der Waals surface area contributed by atoms with Crippen LogP contribution in [0.1, 0.15) is 71.1 Å². The third kappa shape index (κ3) is 3.72. The Hall–Kier alpha value is -0.530. The normalized spacial score (nSPS) is 25.5. The van der Waals surface area contributed by atoms with E-state index in [-0.39, 0.29) is 18.0 Å². The van der Waals surface area contributed by atoms with Gasteiger partial charge < -0.3 is 4.74 Å². The molecular formula is C15H26O2. The van der Waals surface area contributed by atoms with Crippen molar-refractivity contribution in [2.45, 2.75) is 77.2 Å². The molecule has 98 valence electrons. The van der Waals surface area contributed by atoms with E-state index in [9.17, 15) is 4.79 Å². The first-order valence-electron chi connectivity index (χ1n) is 7.48. The summed E-state index contributed by atoms with van der Waals surface area (Å²) in [5, 5.41) is 0. The van der Waals surface area contributed by atoms with Crippen LogP contribution in [0.15, 0.2) is 0 Å². The Bertz CT molecular complexity index is 237. The molecule has 0 N–H and O–H groups in total. The van der Waals surface area contributed by atoms with Gasteiger partial charge in [-0.2, -0.15) is 0 Å². The molecule has 1 atom stereocenters. The molecule has 2 heteroatoms. The highest BCUT2D eigenvalue weighted by molar-refractivity contribution is 5.72. The van der Waals surface area contributed by atoms with E-state index in [1.54, 1.807) is 0 Å². The van der Waals surface area contributed by atoms with Crippen LogP contribution in [0.25, 0.3) is 0 Å². The van der Waals surface area contributed by atoms with Crippen molar-refractivity contribution >= 4 is 5.97 Å². The van der Waals surface area contributed by atoms with E-state index >= 15 is 0 Å². The Labute approximate surface area is 105 Å². The van der Waals surface area contributed by atoms with Crippen molar-refractivity contribution in [1.29, 1.82) is 0 Å². The standard InChI is InChI=1S/C15H26O2/c1-12(13-8-4-2-5-9-13)15(16)17-14-10-6-3-7-11-14/h12-14H,2-11H2,1H3. The van der Waals surface area contributed by atoms with Crippen molar-refractivity contribution in [3.05, 3.63) is 0 Å². The highest BCUT2D eigenvalue weighted by Gasteiger charge is 2.28. The fraction of sp³-hybridized carbons (Fsp3) is 0.933. The van der Waals surface area contributed by atoms with Crippen molar-refractivity contribution in [2.75, 3.05) is 0 Å². The van der Waals surface area contributed by atoms with Crippen molar-refractivity contribution < 1.29 is 9.53 Å². The maximum Gasteiger partial charge on any atom is 0.309 e. The molecule has 0 bridgehead atoms. The van der Waals surface area contributed by atoms with Gasteiger partial charge in [0.15, 0.2) is 0 Å². The van der Waals surface area contributed by atoms with Crippen molar-refractivity contribution in [3.63, 3.8) is 0 Å². The third-order valence-electron chi connectivity index (χ3n) is 4.56. The number of rotatable bonds is 3. The molecule has 17 heavy (non-hydrogen) atoms. The molecule has 0 heterocycles. The van der Waals surface area contributed by atoms with Crippen LogP contribution < -0.4 is 0 Å². The number of hydrogen-bond acceptors (Lipinski definition) is 2. The van der Waals surface area contributed by atoms with Crippen LogP contribution in [-0.4, -0.2) is 12.1 Å². The van der Waals surface area contributed by atoms with Crippen molar-refractivity contribution in [3.8, 4) is 0 Å². The summed E-state index contributed by atoms with van der Waals surface area (Å²) in [7, 11) is 0. The van der Waals surface area contributed by atoms with Gasteiger partial charge in [-0.3, -0.25) is 4.79 Å². The molecule has 0 amide bonds. The second-order valence-electron chi connectivity index (χ2n) is 5.88. The number of hydrogen-bond donors (Lipinski definition) is 0. The Morgan fingerprint density at radius 3 is 2.06 bits per heavy atom. The molecule has 0 saturated heterocycles. The zero-order valence-electron chi connectivity index (χ0n) is 11.1. The quantitative estimate of drug-likeness (QED) is 0.692. The molecule has 1 unspecified atom stereocenters. The van der Waals surface area contributed by atoms with E-state index in [1.165, 1.54) is 51.4 Å². The predicted octanol–water partition coefficient (Wildman–Crippen LogP) is 4.08. The lowest BCUT2D eigenvalue weighted by Gasteiger charge is -2.29. The van der Waals surface area contributed by atoms with Gasteiger partial charge in [0.2, 0.25) is 0 Å². The zero-order valence-corrected chi connectivity index (χ0v) is 11.1. The van der Waals surface area contributed by atoms with Gasteiger partial charge in [0.25, 0.3) is 0 Å². The average molecular weight is 238 g/mol. The van der Waals surface area contributed by atoms with Crippen molar-refractivity contribution in [2.24, 2.45) is 11.8 Å². The van der Waals surface area contributed by atoms with E-state index in [0.717, 1.165) is 12.8 Å². The molecule has 2 saturated carbocycles. The summed E-state index contributed by atoms with van der Waals surface area (Å²) in [6, 6.07) is 0. The zero-order chi connectivity index (χ0) is 12.1. The second-order valence-corrected chi connectivity index (χ2v) is 5.88. The van der Waals surface area contributed by atoms with Gasteiger partial charge >= 0.3 is 5.97 Å². The molecule has 2 aliphatic rings. The molecular weight excluding hydrogens is 212 g/mol. The summed E-state index contributed by atoms with van der Waals surface area (Å²) in [5.74, 6) is 0.779. The molecule has 2 nitrogen and oxygen atoms in total. The summed E-state index contributed by atoms with van der Waals surface area (Å²) >= 11 is 0. The van der Waals surface area contributed by atoms with Gasteiger partial charge in [0.05, 0.1) is 5.92 Å². The van der Waals surface area contributed by atoms with E-state index in [1.807, 2.05) is 0 Å². The van der Waals surface area contributed by atoms with Crippen LogP contribution in [0.4, 0.5) is 0 Å². The maximum absolute atomic E-state index is 12.1. The molecule has 2 rings (SSSR count). The van der Waals surface area contributed by atoms with Gasteiger partial charge in [0, 0.05) is 0 Å². The molecule has 2 fully saturated rings. The number of carbonyl (C=O) groups is 1. The molecule has 0 radical (unpaired) electrons. The maximum atomic E-state index is 12.1. The topological polar surface area (TPSA) is 26.3 Å². The van der Waals surface area contributed by atoms with E-state index < -0.39 is 0 Å². The smallest absolute Gasteiger partial charge is 0.309 e. The van der Waals surface area contributed by atoms with E-state index in [2.05, 4.69) is 6.92 Å². The van der Waals surface area contributed by atoms with E-state index in [0.29, 0.717) is 5.92 Å². The van der Waals surface area contributed by atoms with Gasteiger partial charge in [-0.25, -0.2) is 0 Å². The fourth-order valence-corrected chi connectivity index (χ4v) is 3.28. The van der Waals surface area contributed by atoms with Crippen LogP contribution in [-0.2, 0) is 9.53 Å². The minimum absolute atomic E-state index is 0.0730. The fourth-order valence-electron chi connectivity index (χ4n) is 3.28. The minimum Gasteiger partial charge on any atom is -0.462 e. The first-order valence-corrected chi connectivity index (χ1v) is 7.48. The SMILES string of the molecule is CC(C(=O)OC1CCCCC1)C1CCCCC1. The van der Waals surface area contributed by atoms with Crippen LogP contribution in [0, 0.1) is 11.8 Å². The molecule has 0 aromatic carbocycles. The van der Waals surface area contributed by atoms with Gasteiger partial charge in [-0.05, 0) is 44.4 Å². The van der Waals surface area contributed by atoms with Crippen LogP contribution in [0.3, 0.4) is 0 Å². The molecule has 2 aliphatic carbocycles. The van der Waals surface area contributed by atoms with Gasteiger partial charge in [-0.1, -0.05) is 32.6 Å². The minimum atomic E-state index is 0.0730. The predicted molar refractivity (Wildman–Crippen MR) is 68.7 cm³/mol. The Morgan fingerprint density at radius 1 is 0.941 bits per heavy atom. The molecule has 0 spiro atoms. The third-order valence-corrected chi connectivity index (χ3v) is 4.56. The number of carbonyl (C=O) groups excluding carboxylic acids is 1. The van der Waals surface area contributed by atoms with Crippen LogP contribution >= 0.6 is 0 Å². The lowest BCUT2D eigenvalue weighted by Crippen LogP contribution is -2.29. The van der Waals surface area contributed by atoms with Crippen LogP contribution in [0.5, 0.6) is 0 Å². The highest BCUT2D eigenvalue weighted by atomic mass is 16.5. The lowest BCUT2D eigenvalue weighted by molar-refractivity contribution is -0.157. The summed E-state index contributed by atoms with van der Waals surface area (Å²) in [6.07, 6.45) is 12.6. The Kier molecular flexibility index (Phi) is 4.87. The summed E-state index contributed by atoms with van der Waals surface area (Å²) < 4.78 is 5.67. The first-order chi connectivity index (χ1) is 8.27. The lowest BCUT2D eigenvalue weighted by atomic mass is 9.81. The highest BCUT2D eigenvalue weighted by Crippen LogP contribution is 2.31. The van der Waals surface area contributed by atoms with Gasteiger partial charge in [-0.15, -0.1) is 0 Å². The Morgan fingerprint density at radius 2 is 1.47 bits per heavy atom. The van der Waals surface area contributed by atoms with Crippen molar-refractivity contribution in [1.82, 2.24) is 0 Å². The molecule has 0 aromatic rings. The van der Waals surface area contributed by atoms with Gasteiger partial charge in [0.1, 0.15) is 6.10 Å². The number of esters is 1. The van der Waals surface area contributed by atoms with E-state index in [4.69, 9.17) is 4.74 Å². The number of ether oxygens (including phenoxy) is 1. The second kappa shape index (κ2) is 6.42. The molecule has 0 aliphatic heterocycles. The largest absolute Gasteiger partial charge is 0.462 e. The molecule has 0 aromatic heterocycles. The Balaban J connectivity index is 1.77. The summed E-state index contributed by atoms with van der Waals surface area (Å²) in [4.78, 5) is 12.1. The van der Waals surface area contributed by atoms with Crippen LogP contribution in [0.2, 0.25) is 0 Å². The average Bonchev–Trinajstić information content (AvgIpc) is 2.40. The monoisotopic (exact) mass is 238 g/mol. The first kappa shape index (κ1) is 12.9.